The molecule has 5 rings (SSSR count). The first-order valence-corrected chi connectivity index (χ1v) is 12.0. The van der Waals surface area contributed by atoms with Gasteiger partial charge in [0.2, 0.25) is 5.91 Å². The van der Waals surface area contributed by atoms with Gasteiger partial charge >= 0.3 is 0 Å². The maximum Gasteiger partial charge on any atom is 0.270 e. The lowest BCUT2D eigenvalue weighted by molar-refractivity contribution is -0.116. The molecule has 1 fully saturated rings. The van der Waals surface area contributed by atoms with Gasteiger partial charge in [-0.1, -0.05) is 72.5 Å². The van der Waals surface area contributed by atoms with Gasteiger partial charge < -0.3 is 9.88 Å². The molecule has 0 radical (unpaired) electrons. The number of aromatic nitrogens is 1. The molecule has 1 saturated heterocycles. The van der Waals surface area contributed by atoms with Crippen LogP contribution in [0.4, 0.5) is 11.4 Å². The quantitative estimate of drug-likeness (QED) is 0.280. The molecule has 2 heterocycles. The SMILES string of the molecule is Cc1cccc(NC(=O)Cn2cc(/C=C3/SC(=S)N(c4ccccc4)C3=O)c3ccccc32)c1. The number of para-hydroxylation sites is 2. The van der Waals surface area contributed by atoms with Crippen molar-refractivity contribution in [2.45, 2.75) is 13.5 Å². The van der Waals surface area contributed by atoms with Crippen LogP contribution in [-0.2, 0) is 16.1 Å². The van der Waals surface area contributed by atoms with E-state index in [4.69, 9.17) is 12.2 Å². The summed E-state index contributed by atoms with van der Waals surface area (Å²) in [7, 11) is 0. The minimum Gasteiger partial charge on any atom is -0.337 e. The third kappa shape index (κ3) is 4.40. The molecule has 0 atom stereocenters. The number of nitrogens with one attached hydrogen (secondary N) is 1. The van der Waals surface area contributed by atoms with E-state index < -0.39 is 0 Å². The summed E-state index contributed by atoms with van der Waals surface area (Å²) in [6.45, 7) is 2.15. The highest BCUT2D eigenvalue weighted by Crippen LogP contribution is 2.37. The van der Waals surface area contributed by atoms with Crippen molar-refractivity contribution in [3.05, 3.63) is 101 Å². The molecule has 0 unspecified atom stereocenters. The number of amides is 2. The van der Waals surface area contributed by atoms with E-state index in [9.17, 15) is 9.59 Å². The van der Waals surface area contributed by atoms with Crippen molar-refractivity contribution in [3.8, 4) is 0 Å². The summed E-state index contributed by atoms with van der Waals surface area (Å²) in [4.78, 5) is 28.0. The molecule has 1 N–H and O–H groups in total. The third-order valence-electron chi connectivity index (χ3n) is 5.53. The van der Waals surface area contributed by atoms with Crippen molar-refractivity contribution in [2.75, 3.05) is 10.2 Å². The van der Waals surface area contributed by atoms with Gasteiger partial charge in [-0.2, -0.15) is 0 Å². The Balaban J connectivity index is 1.44. The standard InChI is InChI=1S/C27H21N3O2S2/c1-18-8-7-9-20(14-18)28-25(31)17-29-16-19(22-12-5-6-13-23(22)29)15-24-26(32)30(27(33)34-24)21-10-3-2-4-11-21/h2-16H,17H2,1H3,(H,28,31)/b24-15+. The van der Waals surface area contributed by atoms with Crippen LogP contribution in [0.15, 0.2) is 90.0 Å². The molecule has 34 heavy (non-hydrogen) atoms. The Morgan fingerprint density at radius 2 is 1.79 bits per heavy atom. The van der Waals surface area contributed by atoms with Crippen LogP contribution in [0.2, 0.25) is 0 Å². The maximum absolute atomic E-state index is 13.2. The van der Waals surface area contributed by atoms with Crippen LogP contribution in [0.25, 0.3) is 17.0 Å². The van der Waals surface area contributed by atoms with Gasteiger partial charge in [0.25, 0.3) is 5.91 Å². The molecular weight excluding hydrogens is 462 g/mol. The van der Waals surface area contributed by atoms with E-state index in [0.717, 1.165) is 33.4 Å². The number of aryl methyl sites for hydroxylation is 1. The van der Waals surface area contributed by atoms with Crippen LogP contribution in [0.1, 0.15) is 11.1 Å². The average molecular weight is 484 g/mol. The second kappa shape index (κ2) is 9.29. The lowest BCUT2D eigenvalue weighted by Crippen LogP contribution is -2.27. The number of hydrogen-bond acceptors (Lipinski definition) is 4. The van der Waals surface area contributed by atoms with Crippen LogP contribution < -0.4 is 10.2 Å². The third-order valence-corrected chi connectivity index (χ3v) is 6.83. The fourth-order valence-electron chi connectivity index (χ4n) is 4.01. The summed E-state index contributed by atoms with van der Waals surface area (Å²) in [6.07, 6.45) is 3.77. The molecule has 168 valence electrons. The van der Waals surface area contributed by atoms with Crippen molar-refractivity contribution >= 4 is 68.5 Å². The number of rotatable bonds is 5. The summed E-state index contributed by atoms with van der Waals surface area (Å²) in [5, 5.41) is 3.93. The Morgan fingerprint density at radius 1 is 1.03 bits per heavy atom. The van der Waals surface area contributed by atoms with Crippen molar-refractivity contribution < 1.29 is 9.59 Å². The largest absolute Gasteiger partial charge is 0.337 e. The second-order valence-electron chi connectivity index (χ2n) is 8.00. The predicted octanol–water partition coefficient (Wildman–Crippen LogP) is 5.99. The van der Waals surface area contributed by atoms with Crippen LogP contribution >= 0.6 is 24.0 Å². The summed E-state index contributed by atoms with van der Waals surface area (Å²) >= 11 is 6.78. The first-order chi connectivity index (χ1) is 16.5. The number of nitrogens with zero attached hydrogens (tertiary/aromatic N) is 2. The number of benzene rings is 3. The van der Waals surface area contributed by atoms with Gasteiger partial charge in [-0.05, 0) is 48.9 Å². The molecule has 0 saturated carbocycles. The van der Waals surface area contributed by atoms with Crippen LogP contribution in [-0.4, -0.2) is 20.7 Å². The number of fused-ring (bicyclic) bond motifs is 1. The van der Waals surface area contributed by atoms with Gasteiger partial charge in [-0.25, -0.2) is 0 Å². The second-order valence-corrected chi connectivity index (χ2v) is 9.68. The van der Waals surface area contributed by atoms with Crippen molar-refractivity contribution in [2.24, 2.45) is 0 Å². The molecule has 1 aliphatic rings. The molecular formula is C27H21N3O2S2. The monoisotopic (exact) mass is 483 g/mol. The molecule has 0 spiro atoms. The molecule has 2 amide bonds. The number of anilines is 2. The minimum absolute atomic E-state index is 0.117. The van der Waals surface area contributed by atoms with Gasteiger partial charge in [0.05, 0.1) is 10.6 Å². The van der Waals surface area contributed by atoms with Gasteiger partial charge in [0.1, 0.15) is 6.54 Å². The van der Waals surface area contributed by atoms with Crippen LogP contribution in [0, 0.1) is 6.92 Å². The van der Waals surface area contributed by atoms with Gasteiger partial charge in [0, 0.05) is 28.4 Å². The zero-order valence-electron chi connectivity index (χ0n) is 18.4. The molecule has 5 nitrogen and oxygen atoms in total. The fourth-order valence-corrected chi connectivity index (χ4v) is 5.30. The number of thiocarbonyl (C=S) groups is 1. The van der Waals surface area contributed by atoms with Gasteiger partial charge in [-0.15, -0.1) is 0 Å². The minimum atomic E-state index is -0.143. The average Bonchev–Trinajstić information content (AvgIpc) is 3.30. The number of carbonyl (C=O) groups is 2. The first kappa shape index (κ1) is 22.1. The molecule has 4 aromatic rings. The summed E-state index contributed by atoms with van der Waals surface area (Å²) < 4.78 is 2.41. The molecule has 0 bridgehead atoms. The van der Waals surface area contributed by atoms with Gasteiger partial charge in [0.15, 0.2) is 4.32 Å². The topological polar surface area (TPSA) is 54.3 Å². The Bertz CT molecular complexity index is 1460. The highest BCUT2D eigenvalue weighted by molar-refractivity contribution is 8.27. The Morgan fingerprint density at radius 3 is 2.59 bits per heavy atom. The number of carbonyl (C=O) groups excluding carboxylic acids is 2. The number of thioether (sulfide) groups is 1. The highest BCUT2D eigenvalue weighted by Gasteiger charge is 2.33. The molecule has 7 heteroatoms. The molecule has 0 aliphatic carbocycles. The zero-order chi connectivity index (χ0) is 23.7. The fraction of sp³-hybridized carbons (Fsp3) is 0.0741. The zero-order valence-corrected chi connectivity index (χ0v) is 20.0. The lowest BCUT2D eigenvalue weighted by Gasteiger charge is -2.13. The van der Waals surface area contributed by atoms with E-state index in [2.05, 4.69) is 5.32 Å². The van der Waals surface area contributed by atoms with E-state index in [0.29, 0.717) is 9.23 Å². The Labute approximate surface area is 207 Å². The summed E-state index contributed by atoms with van der Waals surface area (Å²) in [5.41, 5.74) is 4.40. The molecule has 3 aromatic carbocycles. The lowest BCUT2D eigenvalue weighted by atomic mass is 10.1. The van der Waals surface area contributed by atoms with Crippen molar-refractivity contribution in [3.63, 3.8) is 0 Å². The summed E-state index contributed by atoms with van der Waals surface area (Å²) in [5.74, 6) is -0.261. The van der Waals surface area contributed by atoms with Crippen molar-refractivity contribution in [1.29, 1.82) is 0 Å². The van der Waals surface area contributed by atoms with E-state index in [1.807, 2.05) is 103 Å². The predicted molar refractivity (Wildman–Crippen MR) is 144 cm³/mol. The van der Waals surface area contributed by atoms with Crippen LogP contribution in [0.3, 0.4) is 0 Å². The van der Waals surface area contributed by atoms with Crippen LogP contribution in [0.5, 0.6) is 0 Å². The van der Waals surface area contributed by atoms with E-state index in [1.165, 1.54) is 11.8 Å². The highest BCUT2D eigenvalue weighted by atomic mass is 32.2. The smallest absolute Gasteiger partial charge is 0.270 e. The van der Waals surface area contributed by atoms with E-state index in [-0.39, 0.29) is 18.4 Å². The molecule has 1 aliphatic heterocycles. The van der Waals surface area contributed by atoms with Crippen molar-refractivity contribution in [1.82, 2.24) is 4.57 Å². The summed E-state index contributed by atoms with van der Waals surface area (Å²) in [6, 6.07) is 25.0. The first-order valence-electron chi connectivity index (χ1n) is 10.8. The maximum atomic E-state index is 13.2. The normalized spacial score (nSPS) is 14.9. The number of hydrogen-bond donors (Lipinski definition) is 1. The Kier molecular flexibility index (Phi) is 6.04. The van der Waals surface area contributed by atoms with E-state index >= 15 is 0 Å². The molecule has 1 aromatic heterocycles. The Hall–Kier alpha value is -3.68. The van der Waals surface area contributed by atoms with Gasteiger partial charge in [-0.3, -0.25) is 14.5 Å². The van der Waals surface area contributed by atoms with E-state index in [1.54, 1.807) is 4.90 Å².